The van der Waals surface area contributed by atoms with Crippen molar-refractivity contribution in [3.05, 3.63) is 94.5 Å². The molecular weight excluding hydrogens is 352 g/mol. The largest absolute Gasteiger partial charge is 0.297 e. The molecule has 3 heteroatoms. The summed E-state index contributed by atoms with van der Waals surface area (Å²) in [5.41, 5.74) is 7.07. The van der Waals surface area contributed by atoms with Gasteiger partial charge in [-0.3, -0.25) is 9.80 Å². The SMILES string of the molecule is Clc1ccc(CN2CCN(C3c4ccccc4-c4ccccc43)CC2)cc1. The monoisotopic (exact) mass is 374 g/mol. The van der Waals surface area contributed by atoms with E-state index in [9.17, 15) is 0 Å². The molecule has 0 N–H and O–H groups in total. The highest BCUT2D eigenvalue weighted by molar-refractivity contribution is 6.30. The minimum atomic E-state index is 0.398. The van der Waals surface area contributed by atoms with Crippen LogP contribution in [0.15, 0.2) is 72.8 Å². The summed E-state index contributed by atoms with van der Waals surface area (Å²) in [6, 6.07) is 26.5. The van der Waals surface area contributed by atoms with Crippen LogP contribution in [0.4, 0.5) is 0 Å². The van der Waals surface area contributed by atoms with Gasteiger partial charge in [-0.1, -0.05) is 72.3 Å². The molecule has 0 bridgehead atoms. The summed E-state index contributed by atoms with van der Waals surface area (Å²) >= 11 is 6.01. The minimum Gasteiger partial charge on any atom is -0.297 e. The Hall–Kier alpha value is -2.13. The standard InChI is InChI=1S/C24H23ClN2/c25-19-11-9-18(10-12-19)17-26-13-15-27(16-14-26)24-22-7-3-1-5-20(22)21-6-2-4-8-23(21)24/h1-12,24H,13-17H2. The first-order chi connectivity index (χ1) is 13.3. The third-order valence-corrected chi connectivity index (χ3v) is 6.14. The molecule has 0 spiro atoms. The summed E-state index contributed by atoms with van der Waals surface area (Å²) in [4.78, 5) is 5.20. The van der Waals surface area contributed by atoms with Crippen LogP contribution in [0.2, 0.25) is 5.02 Å². The number of benzene rings is 3. The molecule has 1 aliphatic heterocycles. The molecule has 1 heterocycles. The van der Waals surface area contributed by atoms with Crippen LogP contribution in [0.25, 0.3) is 11.1 Å². The van der Waals surface area contributed by atoms with Crippen LogP contribution < -0.4 is 0 Å². The summed E-state index contributed by atoms with van der Waals surface area (Å²) in [7, 11) is 0. The van der Waals surface area contributed by atoms with Gasteiger partial charge < -0.3 is 0 Å². The molecule has 0 aromatic heterocycles. The smallest absolute Gasteiger partial charge is 0.0614 e. The van der Waals surface area contributed by atoms with Gasteiger partial charge in [0.25, 0.3) is 0 Å². The maximum absolute atomic E-state index is 6.01. The highest BCUT2D eigenvalue weighted by Crippen LogP contribution is 2.46. The predicted octanol–water partition coefficient (Wildman–Crippen LogP) is 5.23. The fourth-order valence-corrected chi connectivity index (χ4v) is 4.68. The Morgan fingerprint density at radius 3 is 1.85 bits per heavy atom. The summed E-state index contributed by atoms with van der Waals surface area (Å²) < 4.78 is 0. The number of piperazine rings is 1. The first-order valence-corrected chi connectivity index (χ1v) is 10.1. The zero-order valence-corrected chi connectivity index (χ0v) is 16.1. The zero-order valence-electron chi connectivity index (χ0n) is 15.3. The molecule has 2 nitrogen and oxygen atoms in total. The van der Waals surface area contributed by atoms with E-state index in [2.05, 4.69) is 70.5 Å². The zero-order chi connectivity index (χ0) is 18.2. The van der Waals surface area contributed by atoms with Crippen LogP contribution in [-0.4, -0.2) is 36.0 Å². The van der Waals surface area contributed by atoms with Gasteiger partial charge in [-0.25, -0.2) is 0 Å². The van der Waals surface area contributed by atoms with Gasteiger partial charge in [0.05, 0.1) is 6.04 Å². The third kappa shape index (κ3) is 3.19. The maximum atomic E-state index is 6.01. The molecule has 0 atom stereocenters. The molecule has 136 valence electrons. The molecule has 1 fully saturated rings. The minimum absolute atomic E-state index is 0.398. The van der Waals surface area contributed by atoms with Crippen LogP contribution in [-0.2, 0) is 6.54 Å². The lowest BCUT2D eigenvalue weighted by atomic mass is 10.0. The molecule has 0 unspecified atom stereocenters. The van der Waals surface area contributed by atoms with Crippen LogP contribution in [0.3, 0.4) is 0 Å². The molecule has 0 amide bonds. The van der Waals surface area contributed by atoms with Crippen LogP contribution in [0, 0.1) is 0 Å². The highest BCUT2D eigenvalue weighted by atomic mass is 35.5. The van der Waals surface area contributed by atoms with Crippen molar-refractivity contribution in [2.45, 2.75) is 12.6 Å². The van der Waals surface area contributed by atoms with Gasteiger partial charge >= 0.3 is 0 Å². The maximum Gasteiger partial charge on any atom is 0.0614 e. The van der Waals surface area contributed by atoms with Gasteiger partial charge in [0.15, 0.2) is 0 Å². The van der Waals surface area contributed by atoms with Crippen molar-refractivity contribution in [1.29, 1.82) is 0 Å². The van der Waals surface area contributed by atoms with E-state index >= 15 is 0 Å². The Balaban J connectivity index is 1.33. The molecule has 0 saturated carbocycles. The molecular formula is C24H23ClN2. The Kier molecular flexibility index (Phi) is 4.48. The second-order valence-corrected chi connectivity index (χ2v) is 7.95. The Labute approximate surface area is 166 Å². The lowest BCUT2D eigenvalue weighted by Gasteiger charge is -2.38. The molecule has 3 aromatic rings. The number of hydrogen-bond acceptors (Lipinski definition) is 2. The van der Waals surface area contributed by atoms with E-state index < -0.39 is 0 Å². The van der Waals surface area contributed by atoms with Crippen molar-refractivity contribution in [3.8, 4) is 11.1 Å². The first-order valence-electron chi connectivity index (χ1n) is 9.69. The van der Waals surface area contributed by atoms with Gasteiger partial charge in [-0.2, -0.15) is 0 Å². The fourth-order valence-electron chi connectivity index (χ4n) is 4.55. The third-order valence-electron chi connectivity index (χ3n) is 5.89. The van der Waals surface area contributed by atoms with Crippen LogP contribution in [0.1, 0.15) is 22.7 Å². The van der Waals surface area contributed by atoms with E-state index in [1.54, 1.807) is 0 Å². The number of hydrogen-bond donors (Lipinski definition) is 0. The Bertz CT molecular complexity index is 897. The van der Waals surface area contributed by atoms with Gasteiger partial charge in [-0.15, -0.1) is 0 Å². The van der Waals surface area contributed by atoms with E-state index in [4.69, 9.17) is 11.6 Å². The molecule has 1 aliphatic carbocycles. The van der Waals surface area contributed by atoms with Gasteiger partial charge in [-0.05, 0) is 39.9 Å². The Morgan fingerprint density at radius 1 is 0.704 bits per heavy atom. The number of nitrogens with zero attached hydrogens (tertiary/aromatic N) is 2. The van der Waals surface area contributed by atoms with Crippen molar-refractivity contribution in [3.63, 3.8) is 0 Å². The summed E-state index contributed by atoms with van der Waals surface area (Å²) in [5, 5.41) is 0.808. The van der Waals surface area contributed by atoms with Crippen molar-refractivity contribution in [1.82, 2.24) is 9.80 Å². The van der Waals surface area contributed by atoms with Crippen molar-refractivity contribution < 1.29 is 0 Å². The van der Waals surface area contributed by atoms with Crippen LogP contribution in [0.5, 0.6) is 0 Å². The van der Waals surface area contributed by atoms with Crippen molar-refractivity contribution >= 4 is 11.6 Å². The van der Waals surface area contributed by atoms with E-state index in [0.29, 0.717) is 6.04 Å². The normalized spacial score (nSPS) is 17.7. The van der Waals surface area contributed by atoms with E-state index in [0.717, 1.165) is 37.7 Å². The fraction of sp³-hybridized carbons (Fsp3) is 0.250. The average Bonchev–Trinajstić information content (AvgIpc) is 3.05. The van der Waals surface area contributed by atoms with Gasteiger partial charge in [0, 0.05) is 37.7 Å². The predicted molar refractivity (Wildman–Crippen MR) is 112 cm³/mol. The van der Waals surface area contributed by atoms with E-state index in [1.807, 2.05) is 12.1 Å². The molecule has 27 heavy (non-hydrogen) atoms. The highest BCUT2D eigenvalue weighted by Gasteiger charge is 2.33. The topological polar surface area (TPSA) is 6.48 Å². The average molecular weight is 375 g/mol. The molecule has 0 radical (unpaired) electrons. The van der Waals surface area contributed by atoms with E-state index in [1.165, 1.54) is 27.8 Å². The second-order valence-electron chi connectivity index (χ2n) is 7.52. The number of fused-ring (bicyclic) bond motifs is 3. The van der Waals surface area contributed by atoms with Gasteiger partial charge in [0.2, 0.25) is 0 Å². The lowest BCUT2D eigenvalue weighted by molar-refractivity contribution is 0.106. The molecule has 2 aliphatic rings. The molecule has 3 aromatic carbocycles. The molecule has 5 rings (SSSR count). The van der Waals surface area contributed by atoms with Crippen molar-refractivity contribution in [2.24, 2.45) is 0 Å². The summed E-state index contributed by atoms with van der Waals surface area (Å²) in [5.74, 6) is 0. The van der Waals surface area contributed by atoms with Gasteiger partial charge in [0.1, 0.15) is 0 Å². The van der Waals surface area contributed by atoms with Crippen LogP contribution >= 0.6 is 11.6 Å². The molecule has 1 saturated heterocycles. The quantitative estimate of drug-likeness (QED) is 0.619. The summed E-state index contributed by atoms with van der Waals surface area (Å²) in [6.45, 7) is 5.40. The van der Waals surface area contributed by atoms with Crippen molar-refractivity contribution in [2.75, 3.05) is 26.2 Å². The Morgan fingerprint density at radius 2 is 1.26 bits per heavy atom. The number of halogens is 1. The lowest BCUT2D eigenvalue weighted by Crippen LogP contribution is -2.47. The first kappa shape index (κ1) is 17.0. The van der Waals surface area contributed by atoms with E-state index in [-0.39, 0.29) is 0 Å². The summed E-state index contributed by atoms with van der Waals surface area (Å²) in [6.07, 6.45) is 0. The number of rotatable bonds is 3. The second kappa shape index (κ2) is 7.12.